The number of nitrogens with one attached hydrogen (secondary N) is 2. The van der Waals surface area contributed by atoms with E-state index in [0.717, 1.165) is 25.7 Å². The van der Waals surface area contributed by atoms with Gasteiger partial charge in [-0.15, -0.1) is 0 Å². The van der Waals surface area contributed by atoms with Crippen LogP contribution in [-0.4, -0.2) is 51.1 Å². The highest BCUT2D eigenvalue weighted by Crippen LogP contribution is 2.29. The molecule has 27 heavy (non-hydrogen) atoms. The molecule has 2 fully saturated rings. The van der Waals surface area contributed by atoms with Crippen LogP contribution in [0, 0.1) is 25.7 Å². The molecule has 148 valence electrons. The van der Waals surface area contributed by atoms with Crippen molar-refractivity contribution in [2.75, 3.05) is 13.1 Å². The minimum absolute atomic E-state index is 0.152. The van der Waals surface area contributed by atoms with E-state index < -0.39 is 12.0 Å². The lowest BCUT2D eigenvalue weighted by Crippen LogP contribution is -2.46. The van der Waals surface area contributed by atoms with Gasteiger partial charge in [0.05, 0.1) is 5.69 Å². The predicted molar refractivity (Wildman–Crippen MR) is 97.8 cm³/mol. The Balaban J connectivity index is 1.58. The fraction of sp³-hybridized carbons (Fsp3) is 0.684. The largest absolute Gasteiger partial charge is 0.479 e. The molecule has 0 aromatic carbocycles. The first-order chi connectivity index (χ1) is 12.9. The van der Waals surface area contributed by atoms with Crippen molar-refractivity contribution in [3.63, 3.8) is 0 Å². The zero-order valence-corrected chi connectivity index (χ0v) is 16.0. The molecule has 2 aliphatic rings. The quantitative estimate of drug-likeness (QED) is 0.723. The highest BCUT2D eigenvalue weighted by Gasteiger charge is 2.34. The van der Waals surface area contributed by atoms with Gasteiger partial charge < -0.3 is 15.3 Å². The molecule has 0 spiro atoms. The number of carbonyl (C=O) groups excluding carboxylic acids is 2. The molecule has 1 aromatic rings. The first-order valence-corrected chi connectivity index (χ1v) is 9.72. The molecule has 0 bridgehead atoms. The van der Waals surface area contributed by atoms with Crippen molar-refractivity contribution >= 4 is 17.8 Å². The maximum atomic E-state index is 12.7. The highest BCUT2D eigenvalue weighted by molar-refractivity contribution is 5.86. The second kappa shape index (κ2) is 8.10. The lowest BCUT2D eigenvalue weighted by molar-refractivity contribution is -0.143. The monoisotopic (exact) mass is 376 g/mol. The summed E-state index contributed by atoms with van der Waals surface area (Å²) in [5, 5.41) is 19.0. The predicted octanol–water partition coefficient (Wildman–Crippen LogP) is 1.70. The molecule has 1 atom stereocenters. The van der Waals surface area contributed by atoms with E-state index in [-0.39, 0.29) is 23.7 Å². The number of rotatable bonds is 5. The van der Waals surface area contributed by atoms with E-state index in [4.69, 9.17) is 0 Å². The minimum atomic E-state index is -1.12. The Labute approximate surface area is 158 Å². The van der Waals surface area contributed by atoms with E-state index >= 15 is 0 Å². The second-order valence-electron chi connectivity index (χ2n) is 7.71. The lowest BCUT2D eigenvalue weighted by Gasteiger charge is -2.33. The molecule has 2 amide bonds. The topological polar surface area (TPSA) is 115 Å². The fourth-order valence-electron chi connectivity index (χ4n) is 4.30. The molecular weight excluding hydrogens is 348 g/mol. The van der Waals surface area contributed by atoms with E-state index in [1.54, 1.807) is 13.8 Å². The first-order valence-electron chi connectivity index (χ1n) is 9.72. The van der Waals surface area contributed by atoms with Gasteiger partial charge in [-0.05, 0) is 39.5 Å². The van der Waals surface area contributed by atoms with Crippen molar-refractivity contribution in [1.29, 1.82) is 0 Å². The van der Waals surface area contributed by atoms with Gasteiger partial charge in [0.1, 0.15) is 0 Å². The number of amides is 2. The third-order valence-electron chi connectivity index (χ3n) is 5.89. The molecule has 3 rings (SSSR count). The van der Waals surface area contributed by atoms with Gasteiger partial charge in [0.2, 0.25) is 11.8 Å². The summed E-state index contributed by atoms with van der Waals surface area (Å²) < 4.78 is 0. The van der Waals surface area contributed by atoms with Crippen LogP contribution in [0.5, 0.6) is 0 Å². The Bertz CT molecular complexity index is 696. The average Bonchev–Trinajstić information content (AvgIpc) is 3.30. The Kier molecular flexibility index (Phi) is 5.82. The minimum Gasteiger partial charge on any atom is -0.479 e. The lowest BCUT2D eigenvalue weighted by atomic mass is 9.93. The number of carboxylic acids is 1. The Hall–Kier alpha value is -2.38. The van der Waals surface area contributed by atoms with Crippen molar-refractivity contribution in [3.8, 4) is 0 Å². The van der Waals surface area contributed by atoms with Crippen LogP contribution in [0.1, 0.15) is 61.5 Å². The van der Waals surface area contributed by atoms with Crippen LogP contribution in [-0.2, 0) is 14.4 Å². The van der Waals surface area contributed by atoms with Crippen molar-refractivity contribution in [2.24, 2.45) is 11.8 Å². The van der Waals surface area contributed by atoms with Crippen LogP contribution in [0.15, 0.2) is 0 Å². The number of H-pyrrole nitrogens is 1. The molecule has 3 N–H and O–H groups in total. The number of nitrogens with zero attached hydrogens (tertiary/aromatic N) is 2. The summed E-state index contributed by atoms with van der Waals surface area (Å²) in [6.45, 7) is 4.59. The normalized spacial score (nSPS) is 19.9. The van der Waals surface area contributed by atoms with Crippen molar-refractivity contribution in [2.45, 2.75) is 58.4 Å². The molecular formula is C19H28N4O4. The number of hydrogen-bond acceptors (Lipinski definition) is 4. The number of aromatic amines is 1. The number of hydrogen-bond donors (Lipinski definition) is 3. The highest BCUT2D eigenvalue weighted by atomic mass is 16.4. The molecule has 1 aliphatic heterocycles. The zero-order chi connectivity index (χ0) is 19.6. The molecule has 0 unspecified atom stereocenters. The summed E-state index contributed by atoms with van der Waals surface area (Å²) in [7, 11) is 0. The number of piperidine rings is 1. The maximum Gasteiger partial charge on any atom is 0.331 e. The first kappa shape index (κ1) is 19.4. The summed E-state index contributed by atoms with van der Waals surface area (Å²) >= 11 is 0. The fourth-order valence-corrected chi connectivity index (χ4v) is 4.30. The van der Waals surface area contributed by atoms with Crippen molar-refractivity contribution < 1.29 is 19.5 Å². The average molecular weight is 376 g/mol. The number of aliphatic carboxylic acids is 1. The van der Waals surface area contributed by atoms with Crippen LogP contribution < -0.4 is 5.32 Å². The van der Waals surface area contributed by atoms with E-state index in [1.807, 2.05) is 4.90 Å². The van der Waals surface area contributed by atoms with Gasteiger partial charge in [0.15, 0.2) is 6.04 Å². The van der Waals surface area contributed by atoms with Crippen LogP contribution in [0.25, 0.3) is 0 Å². The Morgan fingerprint density at radius 2 is 1.74 bits per heavy atom. The molecule has 0 radical (unpaired) electrons. The molecule has 2 heterocycles. The third kappa shape index (κ3) is 4.14. The number of carbonyl (C=O) groups is 3. The third-order valence-corrected chi connectivity index (χ3v) is 5.89. The van der Waals surface area contributed by atoms with Gasteiger partial charge in [0, 0.05) is 36.2 Å². The summed E-state index contributed by atoms with van der Waals surface area (Å²) in [4.78, 5) is 38.7. The smallest absolute Gasteiger partial charge is 0.331 e. The van der Waals surface area contributed by atoms with Gasteiger partial charge >= 0.3 is 5.97 Å². The van der Waals surface area contributed by atoms with E-state index in [2.05, 4.69) is 15.5 Å². The number of carboxylic acid groups (broad SMARTS) is 1. The van der Waals surface area contributed by atoms with E-state index in [0.29, 0.717) is 42.9 Å². The summed E-state index contributed by atoms with van der Waals surface area (Å²) in [6, 6.07) is -1.12. The molecule has 1 aromatic heterocycles. The zero-order valence-electron chi connectivity index (χ0n) is 16.0. The second-order valence-corrected chi connectivity index (χ2v) is 7.71. The molecule has 8 heteroatoms. The number of aryl methyl sites for hydroxylation is 2. The Morgan fingerprint density at radius 3 is 2.26 bits per heavy atom. The molecule has 1 aliphatic carbocycles. The standard InChI is InChI=1S/C19H28N4O4/c1-11-15(12(2)22-21-11)16(19(26)27)20-17(24)13-7-9-23(10-8-13)18(25)14-5-3-4-6-14/h13-14,16H,3-10H2,1-2H3,(H,20,24)(H,21,22)(H,26,27)/t16-/m1/s1. The SMILES string of the molecule is Cc1n[nH]c(C)c1[C@@H](NC(=O)C1CCN(C(=O)C2CCCC2)CC1)C(=O)O. The maximum absolute atomic E-state index is 12.7. The van der Waals surface area contributed by atoms with Gasteiger partial charge in [-0.1, -0.05) is 12.8 Å². The van der Waals surface area contributed by atoms with Gasteiger partial charge in [-0.3, -0.25) is 14.7 Å². The van der Waals surface area contributed by atoms with Crippen molar-refractivity contribution in [1.82, 2.24) is 20.4 Å². The van der Waals surface area contributed by atoms with Crippen LogP contribution in [0.2, 0.25) is 0 Å². The molecule has 8 nitrogen and oxygen atoms in total. The number of likely N-dealkylation sites (tertiary alicyclic amines) is 1. The van der Waals surface area contributed by atoms with Crippen molar-refractivity contribution in [3.05, 3.63) is 17.0 Å². The summed E-state index contributed by atoms with van der Waals surface area (Å²) in [5.41, 5.74) is 1.71. The van der Waals surface area contributed by atoms with Gasteiger partial charge in [-0.25, -0.2) is 4.79 Å². The van der Waals surface area contributed by atoms with E-state index in [1.165, 1.54) is 0 Å². The van der Waals surface area contributed by atoms with Gasteiger partial charge in [0.25, 0.3) is 0 Å². The van der Waals surface area contributed by atoms with E-state index in [9.17, 15) is 19.5 Å². The molecule has 1 saturated carbocycles. The van der Waals surface area contributed by atoms with Crippen LogP contribution in [0.3, 0.4) is 0 Å². The summed E-state index contributed by atoms with van der Waals surface area (Å²) in [5.74, 6) is -1.27. The molecule has 1 saturated heterocycles. The Morgan fingerprint density at radius 1 is 1.11 bits per heavy atom. The van der Waals surface area contributed by atoms with Crippen LogP contribution >= 0.6 is 0 Å². The van der Waals surface area contributed by atoms with Gasteiger partial charge in [-0.2, -0.15) is 5.10 Å². The number of aromatic nitrogens is 2. The van der Waals surface area contributed by atoms with Crippen LogP contribution in [0.4, 0.5) is 0 Å². The summed E-state index contributed by atoms with van der Waals surface area (Å²) in [6.07, 6.45) is 5.34.